The van der Waals surface area contributed by atoms with E-state index < -0.39 is 5.97 Å². The largest absolute Gasteiger partial charge is 0.476 e. The monoisotopic (exact) mass is 362 g/mol. The third-order valence-corrected chi connectivity index (χ3v) is 3.45. The highest BCUT2D eigenvalue weighted by Gasteiger charge is 2.31. The van der Waals surface area contributed by atoms with E-state index in [1.54, 1.807) is 6.07 Å². The molecule has 2 heterocycles. The molecule has 17 heavy (non-hydrogen) atoms. The fraction of sp³-hybridized carbons (Fsp3) is 0.300. The van der Waals surface area contributed by atoms with Crippen molar-refractivity contribution in [3.63, 3.8) is 0 Å². The van der Waals surface area contributed by atoms with Crippen molar-refractivity contribution >= 4 is 49.4 Å². The van der Waals surface area contributed by atoms with Crippen LogP contribution in [0.1, 0.15) is 16.9 Å². The molecule has 0 aromatic carbocycles. The molecule has 1 unspecified atom stereocenters. The molecule has 1 fully saturated rings. The summed E-state index contributed by atoms with van der Waals surface area (Å²) in [5.41, 5.74) is 0.224. The average Bonchev–Trinajstić information content (AvgIpc) is 2.57. The van der Waals surface area contributed by atoms with Crippen LogP contribution >= 0.6 is 31.9 Å². The Morgan fingerprint density at radius 2 is 2.29 bits per heavy atom. The molecule has 1 saturated heterocycles. The van der Waals surface area contributed by atoms with Gasteiger partial charge in [0.05, 0.1) is 5.69 Å². The van der Waals surface area contributed by atoms with E-state index in [-0.39, 0.29) is 16.4 Å². The van der Waals surface area contributed by atoms with Crippen molar-refractivity contribution in [2.24, 2.45) is 0 Å². The summed E-state index contributed by atoms with van der Waals surface area (Å²) in [5, 5.41) is 9.04. The number of pyridine rings is 1. The number of anilines is 1. The lowest BCUT2D eigenvalue weighted by atomic mass is 10.2. The van der Waals surface area contributed by atoms with Crippen LogP contribution in [0.25, 0.3) is 0 Å². The van der Waals surface area contributed by atoms with E-state index in [4.69, 9.17) is 5.11 Å². The number of carbonyl (C=O) groups excluding carboxylic acids is 1. The molecule has 1 aliphatic heterocycles. The Labute approximate surface area is 114 Å². The lowest BCUT2D eigenvalue weighted by molar-refractivity contribution is -0.117. The average molecular weight is 364 g/mol. The quantitative estimate of drug-likeness (QED) is 0.816. The number of hydrogen-bond acceptors (Lipinski definition) is 3. The van der Waals surface area contributed by atoms with Crippen LogP contribution in [0.2, 0.25) is 0 Å². The summed E-state index contributed by atoms with van der Waals surface area (Å²) in [6.45, 7) is 0.456. The third-order valence-electron chi connectivity index (χ3n) is 2.41. The standard InChI is InChI=1S/C10H8Br2N2O3/c11-5-1-7(9(10(16)17)13-3-5)14-4-6(12)2-8(14)15/h1,3,6H,2,4H2,(H,16,17). The molecule has 1 N–H and O–H groups in total. The van der Waals surface area contributed by atoms with Crippen molar-refractivity contribution in [3.8, 4) is 0 Å². The third kappa shape index (κ3) is 2.50. The minimum absolute atomic E-state index is 0.0515. The van der Waals surface area contributed by atoms with Gasteiger partial charge in [-0.1, -0.05) is 15.9 Å². The highest BCUT2D eigenvalue weighted by atomic mass is 79.9. The predicted octanol–water partition coefficient (Wildman–Crippen LogP) is 2.04. The van der Waals surface area contributed by atoms with Crippen LogP contribution in [-0.4, -0.2) is 33.3 Å². The molecule has 0 saturated carbocycles. The molecule has 1 aliphatic rings. The molecule has 7 heteroatoms. The molecular formula is C10H8Br2N2O3. The summed E-state index contributed by atoms with van der Waals surface area (Å²) in [5.74, 6) is -1.24. The second-order valence-electron chi connectivity index (χ2n) is 3.63. The molecule has 2 rings (SSSR count). The summed E-state index contributed by atoms with van der Waals surface area (Å²) in [6, 6.07) is 1.60. The SMILES string of the molecule is O=C(O)c1ncc(Br)cc1N1CC(Br)CC1=O. The Morgan fingerprint density at radius 1 is 1.59 bits per heavy atom. The van der Waals surface area contributed by atoms with Gasteiger partial charge in [0.2, 0.25) is 5.91 Å². The van der Waals surface area contributed by atoms with Gasteiger partial charge in [0.25, 0.3) is 0 Å². The molecule has 1 aromatic rings. The van der Waals surface area contributed by atoms with Gasteiger partial charge < -0.3 is 10.0 Å². The Balaban J connectivity index is 2.46. The first kappa shape index (κ1) is 12.5. The summed E-state index contributed by atoms with van der Waals surface area (Å²) >= 11 is 6.58. The summed E-state index contributed by atoms with van der Waals surface area (Å²) in [7, 11) is 0. The molecule has 1 aromatic heterocycles. The first-order valence-corrected chi connectivity index (χ1v) is 6.53. The molecule has 5 nitrogen and oxygen atoms in total. The Hall–Kier alpha value is -0.950. The van der Waals surface area contributed by atoms with Crippen LogP contribution in [0.4, 0.5) is 5.69 Å². The number of carboxylic acid groups (broad SMARTS) is 1. The molecule has 0 aliphatic carbocycles. The zero-order chi connectivity index (χ0) is 12.6. The number of aromatic nitrogens is 1. The molecule has 0 bridgehead atoms. The molecule has 1 amide bonds. The van der Waals surface area contributed by atoms with Crippen molar-refractivity contribution in [1.82, 2.24) is 4.98 Å². The highest BCUT2D eigenvalue weighted by molar-refractivity contribution is 9.10. The van der Waals surface area contributed by atoms with E-state index >= 15 is 0 Å². The fourth-order valence-corrected chi connectivity index (χ4v) is 2.58. The Morgan fingerprint density at radius 3 is 2.82 bits per heavy atom. The molecule has 90 valence electrons. The minimum atomic E-state index is -1.14. The van der Waals surface area contributed by atoms with Gasteiger partial charge in [-0.25, -0.2) is 9.78 Å². The first-order valence-electron chi connectivity index (χ1n) is 4.82. The number of aromatic carboxylic acids is 1. The molecular weight excluding hydrogens is 356 g/mol. The van der Waals surface area contributed by atoms with Crippen LogP contribution in [0.5, 0.6) is 0 Å². The van der Waals surface area contributed by atoms with Crippen molar-refractivity contribution < 1.29 is 14.7 Å². The van der Waals surface area contributed by atoms with E-state index in [0.29, 0.717) is 23.1 Å². The lowest BCUT2D eigenvalue weighted by Crippen LogP contribution is -2.27. The normalized spacial score (nSPS) is 19.8. The number of amides is 1. The van der Waals surface area contributed by atoms with E-state index in [9.17, 15) is 9.59 Å². The Bertz CT molecular complexity index is 492. The van der Waals surface area contributed by atoms with E-state index in [1.165, 1.54) is 11.1 Å². The lowest BCUT2D eigenvalue weighted by Gasteiger charge is -2.17. The number of halogens is 2. The maximum atomic E-state index is 11.7. The van der Waals surface area contributed by atoms with Gasteiger partial charge >= 0.3 is 5.97 Å². The van der Waals surface area contributed by atoms with Crippen molar-refractivity contribution in [3.05, 3.63) is 22.4 Å². The maximum Gasteiger partial charge on any atom is 0.356 e. The first-order chi connectivity index (χ1) is 7.99. The smallest absolute Gasteiger partial charge is 0.356 e. The second-order valence-corrected chi connectivity index (χ2v) is 5.84. The van der Waals surface area contributed by atoms with E-state index in [0.717, 1.165) is 0 Å². The molecule has 0 radical (unpaired) electrons. The second kappa shape index (κ2) is 4.73. The summed E-state index contributed by atoms with van der Waals surface area (Å²) in [4.78, 5) is 28.1. The van der Waals surface area contributed by atoms with Crippen molar-refractivity contribution in [1.29, 1.82) is 0 Å². The Kier molecular flexibility index (Phi) is 3.48. The van der Waals surface area contributed by atoms with Crippen LogP contribution in [0.3, 0.4) is 0 Å². The van der Waals surface area contributed by atoms with Crippen LogP contribution < -0.4 is 4.90 Å². The van der Waals surface area contributed by atoms with Crippen LogP contribution in [0.15, 0.2) is 16.7 Å². The molecule has 0 spiro atoms. The predicted molar refractivity (Wildman–Crippen MR) is 68.6 cm³/mol. The van der Waals surface area contributed by atoms with Crippen LogP contribution in [0, 0.1) is 0 Å². The van der Waals surface area contributed by atoms with Gasteiger partial charge in [0.1, 0.15) is 0 Å². The zero-order valence-electron chi connectivity index (χ0n) is 8.56. The van der Waals surface area contributed by atoms with Gasteiger partial charge in [-0.15, -0.1) is 0 Å². The van der Waals surface area contributed by atoms with Crippen LogP contribution in [-0.2, 0) is 4.79 Å². The van der Waals surface area contributed by atoms with Gasteiger partial charge in [-0.3, -0.25) is 4.79 Å². The number of nitrogens with zero attached hydrogens (tertiary/aromatic N) is 2. The summed E-state index contributed by atoms with van der Waals surface area (Å²) in [6.07, 6.45) is 1.77. The number of alkyl halides is 1. The van der Waals surface area contributed by atoms with Gasteiger partial charge in [0.15, 0.2) is 5.69 Å². The van der Waals surface area contributed by atoms with E-state index in [2.05, 4.69) is 36.8 Å². The number of hydrogen-bond donors (Lipinski definition) is 1. The minimum Gasteiger partial charge on any atom is -0.476 e. The zero-order valence-corrected chi connectivity index (χ0v) is 11.7. The summed E-state index contributed by atoms with van der Waals surface area (Å²) < 4.78 is 0.642. The van der Waals surface area contributed by atoms with Gasteiger partial charge in [-0.2, -0.15) is 0 Å². The highest BCUT2D eigenvalue weighted by Crippen LogP contribution is 2.29. The van der Waals surface area contributed by atoms with Crippen molar-refractivity contribution in [2.75, 3.05) is 11.4 Å². The molecule has 1 atom stereocenters. The maximum absolute atomic E-state index is 11.7. The number of carbonyl (C=O) groups is 2. The number of rotatable bonds is 2. The topological polar surface area (TPSA) is 70.5 Å². The van der Waals surface area contributed by atoms with Gasteiger partial charge in [-0.05, 0) is 22.0 Å². The number of carboxylic acids is 1. The van der Waals surface area contributed by atoms with Crippen molar-refractivity contribution in [2.45, 2.75) is 11.2 Å². The fourth-order valence-electron chi connectivity index (χ4n) is 1.70. The van der Waals surface area contributed by atoms with E-state index in [1.807, 2.05) is 0 Å². The van der Waals surface area contributed by atoms with Gasteiger partial charge in [0, 0.05) is 28.5 Å².